The summed E-state index contributed by atoms with van der Waals surface area (Å²) in [5.41, 5.74) is 0.922. The van der Waals surface area contributed by atoms with E-state index in [9.17, 15) is 13.2 Å². The Labute approximate surface area is 135 Å². The third-order valence-electron chi connectivity index (χ3n) is 3.43. The molecule has 0 fully saturated rings. The number of hydrogen-bond donors (Lipinski definition) is 1. The van der Waals surface area contributed by atoms with Gasteiger partial charge in [0.25, 0.3) is 0 Å². The molecular weight excluding hydrogens is 323 g/mol. The molecule has 3 nitrogen and oxygen atoms in total. The maximum atomic E-state index is 13.3. The molecule has 0 aliphatic rings. The third kappa shape index (κ3) is 2.92. The van der Waals surface area contributed by atoms with Crippen LogP contribution in [-0.4, -0.2) is 14.8 Å². The molecule has 0 aliphatic carbocycles. The van der Waals surface area contributed by atoms with Crippen LogP contribution in [0.25, 0.3) is 17.1 Å². The number of aryl methyl sites for hydroxylation is 1. The topological polar surface area (TPSA) is 33.6 Å². The Morgan fingerprint density at radius 2 is 1.70 bits per heavy atom. The third-order valence-corrected chi connectivity index (χ3v) is 3.71. The highest BCUT2D eigenvalue weighted by atomic mass is 32.1. The number of aromatic amines is 1. The summed E-state index contributed by atoms with van der Waals surface area (Å²) in [6.45, 7) is 1.93. The van der Waals surface area contributed by atoms with Crippen LogP contribution in [-0.2, 0) is 6.18 Å². The highest BCUT2D eigenvalue weighted by Crippen LogP contribution is 2.35. The van der Waals surface area contributed by atoms with E-state index >= 15 is 0 Å². The summed E-state index contributed by atoms with van der Waals surface area (Å²) in [6.07, 6.45) is -4.48. The van der Waals surface area contributed by atoms with Gasteiger partial charge in [0, 0.05) is 5.56 Å². The Hall–Kier alpha value is -2.41. The molecule has 7 heteroatoms. The first kappa shape index (κ1) is 15.5. The van der Waals surface area contributed by atoms with Crippen LogP contribution in [0.5, 0.6) is 0 Å². The molecule has 23 heavy (non-hydrogen) atoms. The zero-order chi connectivity index (χ0) is 16.6. The van der Waals surface area contributed by atoms with E-state index in [1.165, 1.54) is 22.8 Å². The molecule has 0 bridgehead atoms. The molecular formula is C16H12F3N3S. The first-order valence-electron chi connectivity index (χ1n) is 6.79. The predicted octanol–water partition coefficient (Wildman–Crippen LogP) is 4.92. The van der Waals surface area contributed by atoms with Crippen LogP contribution in [0.3, 0.4) is 0 Å². The predicted molar refractivity (Wildman–Crippen MR) is 83.9 cm³/mol. The Kier molecular flexibility index (Phi) is 3.81. The number of halogens is 3. The van der Waals surface area contributed by atoms with Crippen LogP contribution in [0.4, 0.5) is 13.2 Å². The average Bonchev–Trinajstić information content (AvgIpc) is 2.89. The van der Waals surface area contributed by atoms with Crippen molar-refractivity contribution in [2.45, 2.75) is 13.1 Å². The fourth-order valence-electron chi connectivity index (χ4n) is 2.33. The van der Waals surface area contributed by atoms with Crippen molar-refractivity contribution in [2.75, 3.05) is 0 Å². The van der Waals surface area contributed by atoms with Gasteiger partial charge in [0.15, 0.2) is 10.6 Å². The summed E-state index contributed by atoms with van der Waals surface area (Å²) in [5.74, 6) is 0.340. The van der Waals surface area contributed by atoms with Crippen LogP contribution in [0, 0.1) is 11.7 Å². The van der Waals surface area contributed by atoms with Crippen molar-refractivity contribution in [3.05, 3.63) is 64.4 Å². The molecule has 0 saturated heterocycles. The molecule has 0 aliphatic heterocycles. The van der Waals surface area contributed by atoms with E-state index in [0.29, 0.717) is 11.4 Å². The van der Waals surface area contributed by atoms with Gasteiger partial charge in [-0.3, -0.25) is 9.67 Å². The van der Waals surface area contributed by atoms with Crippen molar-refractivity contribution >= 4 is 12.2 Å². The molecule has 0 saturated carbocycles. The monoisotopic (exact) mass is 335 g/mol. The maximum absolute atomic E-state index is 13.3. The molecule has 3 rings (SSSR count). The number of nitrogens with one attached hydrogen (secondary N) is 1. The number of para-hydroxylation sites is 1. The Balaban J connectivity index is 2.25. The van der Waals surface area contributed by atoms with Gasteiger partial charge in [-0.25, -0.2) is 0 Å². The minimum absolute atomic E-state index is 0.0469. The molecule has 0 radical (unpaired) electrons. The lowest BCUT2D eigenvalue weighted by Gasteiger charge is -2.14. The van der Waals surface area contributed by atoms with E-state index in [1.54, 1.807) is 12.1 Å². The van der Waals surface area contributed by atoms with Gasteiger partial charge in [0.1, 0.15) is 0 Å². The van der Waals surface area contributed by atoms with Crippen LogP contribution < -0.4 is 0 Å². The molecule has 0 amide bonds. The van der Waals surface area contributed by atoms with Crippen molar-refractivity contribution in [1.82, 2.24) is 14.8 Å². The van der Waals surface area contributed by atoms with Gasteiger partial charge in [0.2, 0.25) is 0 Å². The molecule has 1 N–H and O–H groups in total. The molecule has 0 unspecified atom stereocenters. The number of aromatic nitrogens is 3. The lowest BCUT2D eigenvalue weighted by molar-refractivity contribution is -0.137. The summed E-state index contributed by atoms with van der Waals surface area (Å²) in [7, 11) is 0. The van der Waals surface area contributed by atoms with Crippen LogP contribution in [0.15, 0.2) is 48.5 Å². The fourth-order valence-corrected chi connectivity index (χ4v) is 2.56. The fraction of sp³-hybridized carbons (Fsp3) is 0.125. The number of alkyl halides is 3. The summed E-state index contributed by atoms with van der Waals surface area (Å²) in [4.78, 5) is 0. The van der Waals surface area contributed by atoms with Crippen molar-refractivity contribution in [1.29, 1.82) is 0 Å². The second kappa shape index (κ2) is 5.66. The maximum Gasteiger partial charge on any atom is 0.418 e. The molecule has 118 valence electrons. The molecule has 3 aromatic rings. The van der Waals surface area contributed by atoms with Gasteiger partial charge in [-0.1, -0.05) is 42.0 Å². The molecule has 2 aromatic carbocycles. The van der Waals surface area contributed by atoms with Crippen LogP contribution >= 0.6 is 12.2 Å². The summed E-state index contributed by atoms with van der Waals surface area (Å²) < 4.78 is 41.3. The number of nitrogens with zero attached hydrogens (tertiary/aromatic N) is 2. The summed E-state index contributed by atoms with van der Waals surface area (Å²) >= 11 is 5.14. The summed E-state index contributed by atoms with van der Waals surface area (Å²) in [6, 6.07) is 12.6. The Morgan fingerprint density at radius 1 is 1.04 bits per heavy atom. The van der Waals surface area contributed by atoms with Crippen molar-refractivity contribution in [2.24, 2.45) is 0 Å². The largest absolute Gasteiger partial charge is 0.418 e. The van der Waals surface area contributed by atoms with Gasteiger partial charge in [-0.2, -0.15) is 18.3 Å². The number of rotatable bonds is 2. The molecule has 1 aromatic heterocycles. The van der Waals surface area contributed by atoms with E-state index in [4.69, 9.17) is 12.2 Å². The van der Waals surface area contributed by atoms with Gasteiger partial charge < -0.3 is 0 Å². The second-order valence-corrected chi connectivity index (χ2v) is 5.46. The van der Waals surface area contributed by atoms with Crippen molar-refractivity contribution < 1.29 is 13.2 Å². The van der Waals surface area contributed by atoms with Gasteiger partial charge in [0.05, 0.1) is 11.3 Å². The van der Waals surface area contributed by atoms with E-state index in [0.717, 1.165) is 11.6 Å². The number of benzene rings is 2. The average molecular weight is 335 g/mol. The SMILES string of the molecule is Cc1ccc(-c2n[nH]c(=S)n2-c2ccccc2C(F)(F)F)cc1. The lowest BCUT2D eigenvalue weighted by Crippen LogP contribution is -2.11. The zero-order valence-electron chi connectivity index (χ0n) is 12.1. The number of hydrogen-bond acceptors (Lipinski definition) is 2. The highest BCUT2D eigenvalue weighted by molar-refractivity contribution is 7.71. The zero-order valence-corrected chi connectivity index (χ0v) is 12.9. The standard InChI is InChI=1S/C16H12F3N3S/c1-10-6-8-11(9-7-10)14-20-21-15(23)22(14)13-5-3-2-4-12(13)16(17,18)19/h2-9H,1H3,(H,21,23). The van der Waals surface area contributed by atoms with Crippen LogP contribution in [0.2, 0.25) is 0 Å². The van der Waals surface area contributed by atoms with E-state index in [1.807, 2.05) is 19.1 Å². The highest BCUT2D eigenvalue weighted by Gasteiger charge is 2.34. The Bertz CT molecular complexity index is 892. The minimum Gasteiger partial charge on any atom is -0.268 e. The van der Waals surface area contributed by atoms with Crippen LogP contribution in [0.1, 0.15) is 11.1 Å². The smallest absolute Gasteiger partial charge is 0.268 e. The van der Waals surface area contributed by atoms with Gasteiger partial charge >= 0.3 is 6.18 Å². The lowest BCUT2D eigenvalue weighted by atomic mass is 10.1. The first-order chi connectivity index (χ1) is 10.9. The van der Waals surface area contributed by atoms with Crippen molar-refractivity contribution in [3.63, 3.8) is 0 Å². The van der Waals surface area contributed by atoms with Gasteiger partial charge in [-0.15, -0.1) is 0 Å². The molecule has 0 spiro atoms. The van der Waals surface area contributed by atoms with E-state index in [2.05, 4.69) is 10.2 Å². The van der Waals surface area contributed by atoms with E-state index < -0.39 is 11.7 Å². The summed E-state index contributed by atoms with van der Waals surface area (Å²) in [5, 5.41) is 6.67. The van der Waals surface area contributed by atoms with Gasteiger partial charge in [-0.05, 0) is 31.3 Å². The first-order valence-corrected chi connectivity index (χ1v) is 7.20. The minimum atomic E-state index is -4.48. The normalized spacial score (nSPS) is 11.7. The molecule has 0 atom stereocenters. The second-order valence-electron chi connectivity index (χ2n) is 5.07. The molecule has 1 heterocycles. The van der Waals surface area contributed by atoms with E-state index in [-0.39, 0.29) is 10.5 Å². The Morgan fingerprint density at radius 3 is 2.35 bits per heavy atom. The van der Waals surface area contributed by atoms with Crippen molar-refractivity contribution in [3.8, 4) is 17.1 Å². The quantitative estimate of drug-likeness (QED) is 0.674. The number of H-pyrrole nitrogens is 1.